The van der Waals surface area contributed by atoms with Crippen LogP contribution in [0.3, 0.4) is 0 Å². The molecule has 0 saturated carbocycles. The summed E-state index contributed by atoms with van der Waals surface area (Å²) in [6, 6.07) is 10.4. The maximum Gasteiger partial charge on any atom is 0.224 e. The molecule has 25 heavy (non-hydrogen) atoms. The Bertz CT molecular complexity index is 675. The molecule has 0 spiro atoms. The minimum Gasteiger partial charge on any atom is -0.355 e. The van der Waals surface area contributed by atoms with Gasteiger partial charge in [-0.3, -0.25) is 14.7 Å². The van der Waals surface area contributed by atoms with Gasteiger partial charge in [0.05, 0.1) is 5.92 Å². The summed E-state index contributed by atoms with van der Waals surface area (Å²) in [4.78, 5) is 18.9. The highest BCUT2D eigenvalue weighted by Gasteiger charge is 2.25. The highest BCUT2D eigenvalue weighted by atomic mass is 19.1. The van der Waals surface area contributed by atoms with Crippen LogP contribution < -0.4 is 5.32 Å². The van der Waals surface area contributed by atoms with Gasteiger partial charge >= 0.3 is 0 Å². The second kappa shape index (κ2) is 8.72. The summed E-state index contributed by atoms with van der Waals surface area (Å²) in [5.41, 5.74) is 2.21. The highest BCUT2D eigenvalue weighted by Crippen LogP contribution is 2.18. The molecule has 1 amide bonds. The number of rotatable bonds is 6. The van der Waals surface area contributed by atoms with E-state index in [1.54, 1.807) is 18.3 Å². The van der Waals surface area contributed by atoms with Crippen molar-refractivity contribution in [2.45, 2.75) is 25.8 Å². The summed E-state index contributed by atoms with van der Waals surface area (Å²) >= 11 is 0. The molecule has 1 aliphatic heterocycles. The average molecular weight is 341 g/mol. The average Bonchev–Trinajstić information content (AvgIpc) is 2.64. The number of benzene rings is 1. The molecule has 1 aromatic carbocycles. The van der Waals surface area contributed by atoms with Gasteiger partial charge in [-0.05, 0) is 55.1 Å². The normalized spacial score (nSPS) is 18.0. The lowest BCUT2D eigenvalue weighted by Crippen LogP contribution is -2.43. The number of carbonyl (C=O) groups excluding carboxylic acids is 1. The van der Waals surface area contributed by atoms with Crippen molar-refractivity contribution in [1.82, 2.24) is 15.2 Å². The zero-order valence-corrected chi connectivity index (χ0v) is 14.3. The third-order valence-corrected chi connectivity index (χ3v) is 4.63. The lowest BCUT2D eigenvalue weighted by Gasteiger charge is -2.32. The maximum absolute atomic E-state index is 12.9. The summed E-state index contributed by atoms with van der Waals surface area (Å²) in [5.74, 6) is -0.0691. The van der Waals surface area contributed by atoms with E-state index in [2.05, 4.69) is 21.3 Å². The first kappa shape index (κ1) is 17.5. The van der Waals surface area contributed by atoms with Crippen molar-refractivity contribution < 1.29 is 9.18 Å². The summed E-state index contributed by atoms with van der Waals surface area (Å²) < 4.78 is 12.9. The first-order chi connectivity index (χ1) is 12.2. The number of nitrogens with zero attached hydrogens (tertiary/aromatic N) is 2. The largest absolute Gasteiger partial charge is 0.355 e. The van der Waals surface area contributed by atoms with Gasteiger partial charge in [-0.2, -0.15) is 0 Å². The molecule has 1 N–H and O–H groups in total. The highest BCUT2D eigenvalue weighted by molar-refractivity contribution is 5.78. The molecule has 2 heterocycles. The van der Waals surface area contributed by atoms with Gasteiger partial charge in [0.1, 0.15) is 5.82 Å². The van der Waals surface area contributed by atoms with E-state index in [1.807, 2.05) is 12.3 Å². The van der Waals surface area contributed by atoms with Gasteiger partial charge in [0, 0.05) is 32.0 Å². The number of amides is 1. The fourth-order valence-electron chi connectivity index (χ4n) is 3.29. The molecule has 1 aromatic heterocycles. The molecule has 1 saturated heterocycles. The Kier molecular flexibility index (Phi) is 6.12. The van der Waals surface area contributed by atoms with E-state index in [1.165, 1.54) is 17.7 Å². The van der Waals surface area contributed by atoms with Crippen LogP contribution in [-0.2, 0) is 17.8 Å². The topological polar surface area (TPSA) is 45.2 Å². The van der Waals surface area contributed by atoms with Crippen molar-refractivity contribution in [2.75, 3.05) is 19.6 Å². The van der Waals surface area contributed by atoms with Crippen molar-refractivity contribution in [2.24, 2.45) is 5.92 Å². The van der Waals surface area contributed by atoms with Crippen LogP contribution in [0.1, 0.15) is 24.0 Å². The predicted octanol–water partition coefficient (Wildman–Crippen LogP) is 2.79. The fraction of sp³-hybridized carbons (Fsp3) is 0.400. The van der Waals surface area contributed by atoms with Gasteiger partial charge in [-0.25, -0.2) is 4.39 Å². The zero-order valence-electron chi connectivity index (χ0n) is 14.3. The molecule has 0 bridgehead atoms. The maximum atomic E-state index is 12.9. The molecule has 2 aromatic rings. The molecule has 5 heteroatoms. The number of likely N-dealkylation sites (tertiary alicyclic amines) is 1. The van der Waals surface area contributed by atoms with E-state index in [0.29, 0.717) is 6.54 Å². The van der Waals surface area contributed by atoms with Gasteiger partial charge < -0.3 is 5.32 Å². The number of nitrogens with one attached hydrogen (secondary N) is 1. The van der Waals surface area contributed by atoms with Gasteiger partial charge in [-0.15, -0.1) is 0 Å². The molecule has 1 aliphatic rings. The molecule has 4 nitrogen and oxygen atoms in total. The van der Waals surface area contributed by atoms with E-state index in [0.717, 1.165) is 44.5 Å². The van der Waals surface area contributed by atoms with Crippen molar-refractivity contribution in [3.8, 4) is 0 Å². The fourth-order valence-corrected chi connectivity index (χ4v) is 3.29. The Morgan fingerprint density at radius 2 is 2.08 bits per heavy atom. The minimum atomic E-state index is -0.233. The number of hydrogen-bond donors (Lipinski definition) is 1. The zero-order chi connectivity index (χ0) is 17.5. The lowest BCUT2D eigenvalue weighted by atomic mass is 9.96. The Morgan fingerprint density at radius 3 is 2.84 bits per heavy atom. The first-order valence-electron chi connectivity index (χ1n) is 8.84. The SMILES string of the molecule is O=C(NCCc1ccc(F)cc1)C1CCCN(Cc2cccnc2)C1. The number of piperidine rings is 1. The van der Waals surface area contributed by atoms with Crippen LogP contribution >= 0.6 is 0 Å². The van der Waals surface area contributed by atoms with Gasteiger partial charge in [0.15, 0.2) is 0 Å². The molecule has 0 aliphatic carbocycles. The Morgan fingerprint density at radius 1 is 1.24 bits per heavy atom. The summed E-state index contributed by atoms with van der Waals surface area (Å²) in [6.07, 6.45) is 6.35. The molecule has 1 unspecified atom stereocenters. The molecular formula is C20H24FN3O. The van der Waals surface area contributed by atoms with E-state index in [-0.39, 0.29) is 17.6 Å². The second-order valence-electron chi connectivity index (χ2n) is 6.60. The smallest absolute Gasteiger partial charge is 0.224 e. The minimum absolute atomic E-state index is 0.0404. The van der Waals surface area contributed by atoms with Crippen LogP contribution in [0.4, 0.5) is 4.39 Å². The van der Waals surface area contributed by atoms with E-state index in [9.17, 15) is 9.18 Å². The van der Waals surface area contributed by atoms with Crippen LogP contribution in [0.2, 0.25) is 0 Å². The summed E-state index contributed by atoms with van der Waals surface area (Å²) in [5, 5.41) is 3.03. The molecule has 3 rings (SSSR count). The van der Waals surface area contributed by atoms with Crippen molar-refractivity contribution >= 4 is 5.91 Å². The standard InChI is InChI=1S/C20H24FN3O/c21-19-7-5-16(6-8-19)9-11-23-20(25)18-4-2-12-24(15-18)14-17-3-1-10-22-13-17/h1,3,5-8,10,13,18H,2,4,9,11-12,14-15H2,(H,23,25). The monoisotopic (exact) mass is 341 g/mol. The third-order valence-electron chi connectivity index (χ3n) is 4.63. The van der Waals surface area contributed by atoms with Crippen LogP contribution in [0.15, 0.2) is 48.8 Å². The molecule has 1 fully saturated rings. The van der Waals surface area contributed by atoms with E-state index >= 15 is 0 Å². The molecule has 0 radical (unpaired) electrons. The Labute approximate surface area is 148 Å². The molecule has 1 atom stereocenters. The van der Waals surface area contributed by atoms with Gasteiger partial charge in [-0.1, -0.05) is 18.2 Å². The molecular weight excluding hydrogens is 317 g/mol. The van der Waals surface area contributed by atoms with Crippen molar-refractivity contribution in [3.63, 3.8) is 0 Å². The van der Waals surface area contributed by atoms with Gasteiger partial charge in [0.2, 0.25) is 5.91 Å². The first-order valence-corrected chi connectivity index (χ1v) is 8.84. The number of hydrogen-bond acceptors (Lipinski definition) is 3. The van der Waals surface area contributed by atoms with E-state index in [4.69, 9.17) is 0 Å². The van der Waals surface area contributed by atoms with Crippen molar-refractivity contribution in [1.29, 1.82) is 0 Å². The quantitative estimate of drug-likeness (QED) is 0.879. The number of halogens is 1. The van der Waals surface area contributed by atoms with Crippen LogP contribution in [0, 0.1) is 11.7 Å². The third kappa shape index (κ3) is 5.36. The Balaban J connectivity index is 1.44. The van der Waals surface area contributed by atoms with Gasteiger partial charge in [0.25, 0.3) is 0 Å². The van der Waals surface area contributed by atoms with Crippen LogP contribution in [0.5, 0.6) is 0 Å². The van der Waals surface area contributed by atoms with Crippen LogP contribution in [0.25, 0.3) is 0 Å². The van der Waals surface area contributed by atoms with Crippen molar-refractivity contribution in [3.05, 3.63) is 65.7 Å². The second-order valence-corrected chi connectivity index (χ2v) is 6.60. The van der Waals surface area contributed by atoms with E-state index < -0.39 is 0 Å². The summed E-state index contributed by atoms with van der Waals surface area (Å²) in [7, 11) is 0. The lowest BCUT2D eigenvalue weighted by molar-refractivity contribution is -0.126. The van der Waals surface area contributed by atoms with Crippen LogP contribution in [-0.4, -0.2) is 35.4 Å². The molecule has 132 valence electrons. The number of aromatic nitrogens is 1. The summed E-state index contributed by atoms with van der Waals surface area (Å²) in [6.45, 7) is 3.24. The number of pyridine rings is 1. The predicted molar refractivity (Wildman–Crippen MR) is 95.4 cm³/mol. The number of carbonyl (C=O) groups is 1. The Hall–Kier alpha value is -2.27.